The highest BCUT2D eigenvalue weighted by molar-refractivity contribution is 5.87. The summed E-state index contributed by atoms with van der Waals surface area (Å²) in [5.74, 6) is -0.804. The zero-order valence-electron chi connectivity index (χ0n) is 10.4. The number of hydrogen-bond donors (Lipinski definition) is 2. The van der Waals surface area contributed by atoms with Gasteiger partial charge in [-0.1, -0.05) is 25.8 Å². The van der Waals surface area contributed by atoms with Gasteiger partial charge in [-0.15, -0.1) is 0 Å². The zero-order valence-corrected chi connectivity index (χ0v) is 10.4. The molecule has 4 nitrogen and oxygen atoms in total. The van der Waals surface area contributed by atoms with Crippen molar-refractivity contribution in [1.29, 1.82) is 0 Å². The molecule has 0 aliphatic heterocycles. The van der Waals surface area contributed by atoms with Crippen LogP contribution in [0.4, 0.5) is 0 Å². The Hall–Kier alpha value is -1.97. The number of esters is 1. The molecule has 0 saturated heterocycles. The van der Waals surface area contributed by atoms with Crippen LogP contribution in [-0.2, 0) is 9.53 Å². The molecule has 2 N–H and O–H groups in total. The third-order valence-corrected chi connectivity index (χ3v) is 2.40. The van der Waals surface area contributed by atoms with E-state index in [1.807, 2.05) is 0 Å². The first-order valence-corrected chi connectivity index (χ1v) is 6.00. The third-order valence-electron chi connectivity index (χ3n) is 2.40. The van der Waals surface area contributed by atoms with E-state index in [9.17, 15) is 9.90 Å². The Morgan fingerprint density at radius 2 is 2.06 bits per heavy atom. The molecule has 0 amide bonds. The Bertz CT molecular complexity index is 424. The minimum Gasteiger partial charge on any atom is -0.504 e. The van der Waals surface area contributed by atoms with E-state index in [-0.39, 0.29) is 11.5 Å². The van der Waals surface area contributed by atoms with Crippen molar-refractivity contribution >= 4 is 12.0 Å². The minimum atomic E-state index is -0.404. The van der Waals surface area contributed by atoms with Gasteiger partial charge >= 0.3 is 5.97 Å². The molecule has 0 spiro atoms. The fourth-order valence-corrected chi connectivity index (χ4v) is 1.38. The van der Waals surface area contributed by atoms with E-state index in [0.717, 1.165) is 19.3 Å². The summed E-state index contributed by atoms with van der Waals surface area (Å²) in [6.45, 7) is 2.51. The van der Waals surface area contributed by atoms with Crippen molar-refractivity contribution in [2.24, 2.45) is 0 Å². The SMILES string of the molecule is CCCCCOC(=O)C=Cc1ccc(O)c(O)c1. The maximum atomic E-state index is 11.3. The highest BCUT2D eigenvalue weighted by Gasteiger charge is 2.00. The van der Waals surface area contributed by atoms with Crippen molar-refractivity contribution in [1.82, 2.24) is 0 Å². The Morgan fingerprint density at radius 1 is 1.28 bits per heavy atom. The standard InChI is InChI=1S/C14H18O4/c1-2-3-4-9-18-14(17)8-6-11-5-7-12(15)13(16)10-11/h5-8,10,15-16H,2-4,9H2,1H3. The molecule has 0 radical (unpaired) electrons. The average Bonchev–Trinajstić information content (AvgIpc) is 2.36. The maximum Gasteiger partial charge on any atom is 0.330 e. The van der Waals surface area contributed by atoms with E-state index in [0.29, 0.717) is 12.2 Å². The Labute approximate surface area is 107 Å². The predicted octanol–water partition coefficient (Wildman–Crippen LogP) is 2.84. The normalized spacial score (nSPS) is 10.7. The number of unbranched alkanes of at least 4 members (excludes halogenated alkanes) is 2. The number of hydrogen-bond acceptors (Lipinski definition) is 4. The molecule has 0 saturated carbocycles. The van der Waals surface area contributed by atoms with Crippen LogP contribution in [0.15, 0.2) is 24.3 Å². The molecule has 0 aromatic heterocycles. The van der Waals surface area contributed by atoms with Gasteiger partial charge in [-0.05, 0) is 30.2 Å². The van der Waals surface area contributed by atoms with Crippen LogP contribution in [0.5, 0.6) is 11.5 Å². The van der Waals surface area contributed by atoms with Crippen molar-refractivity contribution in [2.45, 2.75) is 26.2 Å². The van der Waals surface area contributed by atoms with Gasteiger partial charge in [-0.2, -0.15) is 0 Å². The van der Waals surface area contributed by atoms with Gasteiger partial charge in [0.05, 0.1) is 6.61 Å². The van der Waals surface area contributed by atoms with E-state index < -0.39 is 5.97 Å². The first kappa shape index (κ1) is 14.1. The lowest BCUT2D eigenvalue weighted by Crippen LogP contribution is -2.01. The Kier molecular flexibility index (Phi) is 5.77. The van der Waals surface area contributed by atoms with Crippen molar-refractivity contribution in [3.63, 3.8) is 0 Å². The molecule has 4 heteroatoms. The van der Waals surface area contributed by atoms with Crippen molar-refractivity contribution in [3.8, 4) is 11.5 Å². The lowest BCUT2D eigenvalue weighted by atomic mass is 10.2. The second kappa shape index (κ2) is 7.37. The second-order valence-electron chi connectivity index (χ2n) is 3.96. The molecule has 98 valence electrons. The van der Waals surface area contributed by atoms with Crippen LogP contribution in [-0.4, -0.2) is 22.8 Å². The van der Waals surface area contributed by atoms with E-state index in [1.54, 1.807) is 6.07 Å². The van der Waals surface area contributed by atoms with Gasteiger partial charge in [0.2, 0.25) is 0 Å². The van der Waals surface area contributed by atoms with Gasteiger partial charge in [0.25, 0.3) is 0 Å². The highest BCUT2D eigenvalue weighted by Crippen LogP contribution is 2.25. The fourth-order valence-electron chi connectivity index (χ4n) is 1.38. The van der Waals surface area contributed by atoms with E-state index >= 15 is 0 Å². The summed E-state index contributed by atoms with van der Waals surface area (Å²) in [5.41, 5.74) is 0.621. The van der Waals surface area contributed by atoms with Crippen LogP contribution in [0.2, 0.25) is 0 Å². The van der Waals surface area contributed by atoms with Gasteiger partial charge in [0.15, 0.2) is 11.5 Å². The van der Waals surface area contributed by atoms with Crippen molar-refractivity contribution in [3.05, 3.63) is 29.8 Å². The van der Waals surface area contributed by atoms with Crippen molar-refractivity contribution < 1.29 is 19.7 Å². The van der Waals surface area contributed by atoms with E-state index in [4.69, 9.17) is 9.84 Å². The number of carbonyl (C=O) groups excluding carboxylic acids is 1. The summed E-state index contributed by atoms with van der Waals surface area (Å²) in [6.07, 6.45) is 5.83. The molecule has 1 aromatic rings. The van der Waals surface area contributed by atoms with Crippen LogP contribution in [0.25, 0.3) is 6.08 Å². The maximum absolute atomic E-state index is 11.3. The molecule has 0 fully saturated rings. The summed E-state index contributed by atoms with van der Waals surface area (Å²) in [5, 5.41) is 18.4. The first-order chi connectivity index (χ1) is 8.63. The quantitative estimate of drug-likeness (QED) is 0.352. The Balaban J connectivity index is 2.43. The van der Waals surface area contributed by atoms with Crippen LogP contribution >= 0.6 is 0 Å². The fraction of sp³-hybridized carbons (Fsp3) is 0.357. The van der Waals surface area contributed by atoms with Crippen molar-refractivity contribution in [2.75, 3.05) is 6.61 Å². The van der Waals surface area contributed by atoms with Gasteiger partial charge in [-0.25, -0.2) is 4.79 Å². The molecule has 18 heavy (non-hydrogen) atoms. The highest BCUT2D eigenvalue weighted by atomic mass is 16.5. The molecule has 0 bridgehead atoms. The number of aromatic hydroxyl groups is 2. The van der Waals surface area contributed by atoms with Crippen LogP contribution in [0.1, 0.15) is 31.7 Å². The number of rotatable bonds is 6. The first-order valence-electron chi connectivity index (χ1n) is 6.00. The number of phenolic OH excluding ortho intramolecular Hbond substituents is 2. The zero-order chi connectivity index (χ0) is 13.4. The number of carbonyl (C=O) groups is 1. The summed E-state index contributed by atoms with van der Waals surface area (Å²) >= 11 is 0. The molecule has 0 atom stereocenters. The lowest BCUT2D eigenvalue weighted by Gasteiger charge is -2.01. The molecule has 0 aliphatic carbocycles. The van der Waals surface area contributed by atoms with Gasteiger partial charge in [0.1, 0.15) is 0 Å². The second-order valence-corrected chi connectivity index (χ2v) is 3.96. The molecule has 0 heterocycles. The molecule has 0 aliphatic rings. The molecule has 1 rings (SSSR count). The van der Waals surface area contributed by atoms with Gasteiger partial charge in [0, 0.05) is 6.08 Å². The largest absolute Gasteiger partial charge is 0.504 e. The average molecular weight is 250 g/mol. The topological polar surface area (TPSA) is 66.8 Å². The Morgan fingerprint density at radius 3 is 2.72 bits per heavy atom. The van der Waals surface area contributed by atoms with Crippen LogP contribution in [0, 0.1) is 0 Å². The summed E-state index contributed by atoms with van der Waals surface area (Å²) in [6, 6.07) is 4.33. The summed E-state index contributed by atoms with van der Waals surface area (Å²) < 4.78 is 4.98. The minimum absolute atomic E-state index is 0.186. The lowest BCUT2D eigenvalue weighted by molar-refractivity contribution is -0.137. The number of phenols is 2. The predicted molar refractivity (Wildman–Crippen MR) is 69.3 cm³/mol. The number of benzene rings is 1. The molecule has 0 unspecified atom stereocenters. The molecular weight excluding hydrogens is 232 g/mol. The monoisotopic (exact) mass is 250 g/mol. The third kappa shape index (κ3) is 4.91. The van der Waals surface area contributed by atoms with Crippen LogP contribution in [0.3, 0.4) is 0 Å². The smallest absolute Gasteiger partial charge is 0.330 e. The van der Waals surface area contributed by atoms with Crippen LogP contribution < -0.4 is 0 Å². The summed E-state index contributed by atoms with van der Waals surface area (Å²) in [4.78, 5) is 11.3. The van der Waals surface area contributed by atoms with E-state index in [1.165, 1.54) is 24.3 Å². The number of ether oxygens (including phenoxy) is 1. The van der Waals surface area contributed by atoms with Gasteiger partial charge in [-0.3, -0.25) is 0 Å². The van der Waals surface area contributed by atoms with E-state index in [2.05, 4.69) is 6.92 Å². The molecule has 1 aromatic carbocycles. The summed E-state index contributed by atoms with van der Waals surface area (Å²) in [7, 11) is 0. The van der Waals surface area contributed by atoms with Gasteiger partial charge < -0.3 is 14.9 Å². The molecular formula is C14H18O4.